The Morgan fingerprint density at radius 3 is 2.86 bits per heavy atom. The average Bonchev–Trinajstić information content (AvgIpc) is 3.16. The number of imidazole rings is 1. The first kappa shape index (κ1) is 19.8. The number of H-pyrrole nitrogens is 1. The molecule has 1 aliphatic rings. The molecule has 1 aromatic heterocycles. The van der Waals surface area contributed by atoms with Gasteiger partial charge in [0.05, 0.1) is 28.0 Å². The van der Waals surface area contributed by atoms with Gasteiger partial charge in [-0.3, -0.25) is 9.59 Å². The van der Waals surface area contributed by atoms with Crippen LogP contribution >= 0.6 is 23.5 Å². The lowest BCUT2D eigenvalue weighted by Gasteiger charge is -2.24. The van der Waals surface area contributed by atoms with Crippen molar-refractivity contribution in [2.24, 2.45) is 0 Å². The van der Waals surface area contributed by atoms with Crippen LogP contribution in [0.3, 0.4) is 0 Å². The number of aromatic nitrogens is 2. The second-order valence-corrected chi connectivity index (χ2v) is 9.07. The van der Waals surface area contributed by atoms with E-state index in [1.165, 1.54) is 11.8 Å². The fourth-order valence-electron chi connectivity index (χ4n) is 3.30. The Morgan fingerprint density at radius 1 is 1.24 bits per heavy atom. The van der Waals surface area contributed by atoms with E-state index in [9.17, 15) is 9.59 Å². The normalized spacial score (nSPS) is 16.9. The third-order valence-electron chi connectivity index (χ3n) is 4.76. The molecule has 1 aliphatic heterocycles. The zero-order valence-electron chi connectivity index (χ0n) is 16.0. The fourth-order valence-corrected chi connectivity index (χ4v) is 4.88. The highest BCUT2D eigenvalue weighted by atomic mass is 32.2. The number of amides is 2. The molecule has 3 aromatic rings. The van der Waals surface area contributed by atoms with E-state index in [-0.39, 0.29) is 24.3 Å². The summed E-state index contributed by atoms with van der Waals surface area (Å²) in [7, 11) is 0. The standard InChI is InChI=1S/C21H22N4O2S2/c1-28-11-10-16(20-23-13-6-2-3-7-14(13)24-20)22-19(26)12-18-21(27)25-15-8-4-5-9-17(15)29-18/h2-9,16,18H,10-12H2,1H3,(H,22,26)(H,23,24)(H,25,27)/t16-,18+/m0/s1. The van der Waals surface area contributed by atoms with E-state index < -0.39 is 5.25 Å². The number of benzene rings is 2. The Labute approximate surface area is 177 Å². The molecule has 4 rings (SSSR count). The molecular weight excluding hydrogens is 404 g/mol. The molecule has 2 atom stereocenters. The van der Waals surface area contributed by atoms with E-state index in [4.69, 9.17) is 0 Å². The lowest BCUT2D eigenvalue weighted by molar-refractivity contribution is -0.124. The van der Waals surface area contributed by atoms with E-state index >= 15 is 0 Å². The van der Waals surface area contributed by atoms with Crippen LogP contribution in [0.15, 0.2) is 53.4 Å². The van der Waals surface area contributed by atoms with E-state index in [0.29, 0.717) is 0 Å². The van der Waals surface area contributed by atoms with Gasteiger partial charge in [0.1, 0.15) is 5.82 Å². The SMILES string of the molecule is CSCC[C@H](NC(=O)C[C@H]1Sc2ccccc2NC1=O)c1nc2ccccc2[nH]1. The van der Waals surface area contributed by atoms with Crippen molar-refractivity contribution in [1.29, 1.82) is 0 Å². The van der Waals surface area contributed by atoms with Gasteiger partial charge in [0.2, 0.25) is 11.8 Å². The smallest absolute Gasteiger partial charge is 0.238 e. The Kier molecular flexibility index (Phi) is 6.10. The summed E-state index contributed by atoms with van der Waals surface area (Å²) in [5, 5.41) is 5.53. The summed E-state index contributed by atoms with van der Waals surface area (Å²) in [6, 6.07) is 15.2. The first-order chi connectivity index (χ1) is 14.1. The number of hydrogen-bond acceptors (Lipinski definition) is 5. The molecule has 0 spiro atoms. The van der Waals surface area contributed by atoms with Gasteiger partial charge in [-0.05, 0) is 42.7 Å². The summed E-state index contributed by atoms with van der Waals surface area (Å²) in [6.45, 7) is 0. The molecule has 150 valence electrons. The lowest BCUT2D eigenvalue weighted by atomic mass is 10.2. The third-order valence-corrected chi connectivity index (χ3v) is 6.68. The maximum absolute atomic E-state index is 12.8. The van der Waals surface area contributed by atoms with Crippen LogP contribution < -0.4 is 10.6 Å². The average molecular weight is 427 g/mol. The van der Waals surface area contributed by atoms with Crippen molar-refractivity contribution in [1.82, 2.24) is 15.3 Å². The number of aromatic amines is 1. The number of carbonyl (C=O) groups is 2. The summed E-state index contributed by atoms with van der Waals surface area (Å²) < 4.78 is 0. The van der Waals surface area contributed by atoms with Crippen molar-refractivity contribution in [3.05, 3.63) is 54.4 Å². The van der Waals surface area contributed by atoms with Gasteiger partial charge in [0, 0.05) is 11.3 Å². The monoisotopic (exact) mass is 426 g/mol. The molecule has 29 heavy (non-hydrogen) atoms. The highest BCUT2D eigenvalue weighted by Crippen LogP contribution is 2.36. The molecule has 3 N–H and O–H groups in total. The van der Waals surface area contributed by atoms with Gasteiger partial charge >= 0.3 is 0 Å². The molecule has 0 unspecified atom stereocenters. The van der Waals surface area contributed by atoms with Crippen LogP contribution in [0, 0.1) is 0 Å². The maximum atomic E-state index is 12.8. The van der Waals surface area contributed by atoms with Crippen molar-refractivity contribution in [2.45, 2.75) is 29.0 Å². The second-order valence-electron chi connectivity index (χ2n) is 6.84. The first-order valence-electron chi connectivity index (χ1n) is 9.43. The highest BCUT2D eigenvalue weighted by molar-refractivity contribution is 8.01. The van der Waals surface area contributed by atoms with Crippen LogP contribution in [-0.4, -0.2) is 39.0 Å². The quantitative estimate of drug-likeness (QED) is 0.532. The third kappa shape index (κ3) is 4.59. The zero-order valence-corrected chi connectivity index (χ0v) is 17.6. The Bertz CT molecular complexity index is 1000. The van der Waals surface area contributed by atoms with Gasteiger partial charge in [-0.1, -0.05) is 24.3 Å². The van der Waals surface area contributed by atoms with Gasteiger partial charge in [-0.15, -0.1) is 11.8 Å². The maximum Gasteiger partial charge on any atom is 0.238 e. The molecular formula is C21H22N4O2S2. The number of hydrogen-bond donors (Lipinski definition) is 3. The zero-order chi connectivity index (χ0) is 20.2. The van der Waals surface area contributed by atoms with Crippen molar-refractivity contribution in [3.8, 4) is 0 Å². The Hall–Kier alpha value is -2.45. The molecule has 2 aromatic carbocycles. The minimum absolute atomic E-state index is 0.126. The summed E-state index contributed by atoms with van der Waals surface area (Å²) in [5.41, 5.74) is 2.63. The predicted octanol–water partition coefficient (Wildman–Crippen LogP) is 3.98. The van der Waals surface area contributed by atoms with Gasteiger partial charge in [0.25, 0.3) is 0 Å². The minimum Gasteiger partial charge on any atom is -0.346 e. The molecule has 0 bridgehead atoms. The molecule has 0 aliphatic carbocycles. The van der Waals surface area contributed by atoms with Crippen molar-refractivity contribution in [2.75, 3.05) is 17.3 Å². The number of rotatable bonds is 7. The van der Waals surface area contributed by atoms with Gasteiger partial charge in [-0.2, -0.15) is 11.8 Å². The molecule has 0 saturated carbocycles. The number of carbonyl (C=O) groups excluding carboxylic acids is 2. The molecule has 2 amide bonds. The number of anilines is 1. The van der Waals surface area contributed by atoms with Gasteiger partial charge in [-0.25, -0.2) is 4.98 Å². The molecule has 2 heterocycles. The fraction of sp³-hybridized carbons (Fsp3) is 0.286. The van der Waals surface area contributed by atoms with Gasteiger partial charge < -0.3 is 15.6 Å². The largest absolute Gasteiger partial charge is 0.346 e. The van der Waals surface area contributed by atoms with E-state index in [1.54, 1.807) is 11.8 Å². The van der Waals surface area contributed by atoms with Crippen LogP contribution in [-0.2, 0) is 9.59 Å². The Balaban J connectivity index is 1.46. The van der Waals surface area contributed by atoms with Crippen LogP contribution in [0.4, 0.5) is 5.69 Å². The predicted molar refractivity (Wildman–Crippen MR) is 119 cm³/mol. The summed E-state index contributed by atoms with van der Waals surface area (Å²) in [5.74, 6) is 1.37. The number of para-hydroxylation sites is 3. The molecule has 0 fully saturated rings. The number of fused-ring (bicyclic) bond motifs is 2. The van der Waals surface area contributed by atoms with Crippen molar-refractivity contribution < 1.29 is 9.59 Å². The van der Waals surface area contributed by atoms with Crippen molar-refractivity contribution in [3.63, 3.8) is 0 Å². The van der Waals surface area contributed by atoms with E-state index in [2.05, 4.69) is 20.6 Å². The van der Waals surface area contributed by atoms with Crippen LogP contribution in [0.1, 0.15) is 24.7 Å². The van der Waals surface area contributed by atoms with Crippen LogP contribution in [0.5, 0.6) is 0 Å². The summed E-state index contributed by atoms with van der Waals surface area (Å²) in [4.78, 5) is 34.1. The molecule has 6 nitrogen and oxygen atoms in total. The number of thioether (sulfide) groups is 2. The number of nitrogens with zero attached hydrogens (tertiary/aromatic N) is 1. The Morgan fingerprint density at radius 2 is 2.03 bits per heavy atom. The topological polar surface area (TPSA) is 86.9 Å². The van der Waals surface area contributed by atoms with Gasteiger partial charge in [0.15, 0.2) is 0 Å². The number of nitrogens with one attached hydrogen (secondary N) is 3. The van der Waals surface area contributed by atoms with Crippen LogP contribution in [0.2, 0.25) is 0 Å². The van der Waals surface area contributed by atoms with E-state index in [0.717, 1.165) is 39.6 Å². The summed E-state index contributed by atoms with van der Waals surface area (Å²) in [6.07, 6.45) is 2.93. The highest BCUT2D eigenvalue weighted by Gasteiger charge is 2.30. The summed E-state index contributed by atoms with van der Waals surface area (Å²) >= 11 is 3.16. The van der Waals surface area contributed by atoms with E-state index in [1.807, 2.05) is 54.8 Å². The minimum atomic E-state index is -0.443. The second kappa shape index (κ2) is 8.92. The molecule has 0 saturated heterocycles. The van der Waals surface area contributed by atoms with Crippen molar-refractivity contribution >= 4 is 52.1 Å². The molecule has 8 heteroatoms. The first-order valence-corrected chi connectivity index (χ1v) is 11.7. The lowest BCUT2D eigenvalue weighted by Crippen LogP contribution is -2.36. The van der Waals surface area contributed by atoms with Crippen LogP contribution in [0.25, 0.3) is 11.0 Å². The molecule has 0 radical (unpaired) electrons.